The van der Waals surface area contributed by atoms with Crippen molar-refractivity contribution in [3.8, 4) is 0 Å². The minimum absolute atomic E-state index is 0.174. The van der Waals surface area contributed by atoms with Gasteiger partial charge in [0, 0.05) is 29.4 Å². The molecule has 0 saturated carbocycles. The molecule has 82 valence electrons. The van der Waals surface area contributed by atoms with E-state index in [-0.39, 0.29) is 5.92 Å². The molecule has 0 amide bonds. The van der Waals surface area contributed by atoms with Crippen LogP contribution in [0.1, 0.15) is 34.6 Å². The third kappa shape index (κ3) is 2.12. The monoisotopic (exact) mass is 206 g/mol. The average molecular weight is 206 g/mol. The van der Waals surface area contributed by atoms with Gasteiger partial charge in [-0.15, -0.1) is 0 Å². The Morgan fingerprint density at radius 2 is 2.27 bits per heavy atom. The number of rotatable bonds is 2. The molecule has 1 saturated heterocycles. The Morgan fingerprint density at radius 3 is 2.80 bits per heavy atom. The van der Waals surface area contributed by atoms with Gasteiger partial charge < -0.3 is 10.3 Å². The van der Waals surface area contributed by atoms with Gasteiger partial charge in [-0.05, 0) is 39.3 Å². The number of aryl methyl sites for hydroxylation is 2. The minimum Gasteiger partial charge on any atom is -0.362 e. The van der Waals surface area contributed by atoms with Gasteiger partial charge in [-0.2, -0.15) is 0 Å². The molecule has 0 radical (unpaired) electrons. The van der Waals surface area contributed by atoms with Crippen LogP contribution in [-0.2, 0) is 0 Å². The maximum absolute atomic E-state index is 12.2. The molecule has 1 aliphatic heterocycles. The molecular formula is C12H18N2O. The fraction of sp³-hybridized carbons (Fsp3) is 0.583. The maximum atomic E-state index is 12.2. The van der Waals surface area contributed by atoms with E-state index >= 15 is 0 Å². The van der Waals surface area contributed by atoms with E-state index in [2.05, 4.69) is 10.3 Å². The Labute approximate surface area is 90.3 Å². The Bertz CT molecular complexity index is 362. The number of H-pyrrole nitrogens is 1. The van der Waals surface area contributed by atoms with E-state index in [0.717, 1.165) is 42.9 Å². The van der Waals surface area contributed by atoms with Crippen molar-refractivity contribution in [1.82, 2.24) is 10.3 Å². The van der Waals surface area contributed by atoms with Gasteiger partial charge in [0.05, 0.1) is 0 Å². The normalized spacial score (nSPS) is 21.6. The summed E-state index contributed by atoms with van der Waals surface area (Å²) in [7, 11) is 0. The molecule has 1 aromatic rings. The van der Waals surface area contributed by atoms with E-state index in [1.807, 2.05) is 19.9 Å². The summed E-state index contributed by atoms with van der Waals surface area (Å²) in [4.78, 5) is 15.4. The van der Waals surface area contributed by atoms with Gasteiger partial charge >= 0.3 is 0 Å². The van der Waals surface area contributed by atoms with Crippen LogP contribution in [0.5, 0.6) is 0 Å². The molecule has 1 fully saturated rings. The number of aromatic amines is 1. The van der Waals surface area contributed by atoms with Crippen LogP contribution < -0.4 is 5.32 Å². The van der Waals surface area contributed by atoms with Gasteiger partial charge in [0.15, 0.2) is 5.78 Å². The van der Waals surface area contributed by atoms with Crippen LogP contribution in [0.4, 0.5) is 0 Å². The van der Waals surface area contributed by atoms with Crippen LogP contribution in [0.15, 0.2) is 6.07 Å². The van der Waals surface area contributed by atoms with E-state index in [1.165, 1.54) is 0 Å². The Balaban J connectivity index is 2.16. The third-order valence-corrected chi connectivity index (χ3v) is 3.08. The van der Waals surface area contributed by atoms with Crippen molar-refractivity contribution in [3.63, 3.8) is 0 Å². The largest absolute Gasteiger partial charge is 0.362 e. The molecule has 3 nitrogen and oxygen atoms in total. The number of hydrogen-bond donors (Lipinski definition) is 2. The number of carbonyl (C=O) groups is 1. The van der Waals surface area contributed by atoms with Gasteiger partial charge in [-0.25, -0.2) is 0 Å². The Morgan fingerprint density at radius 1 is 1.47 bits per heavy atom. The summed E-state index contributed by atoms with van der Waals surface area (Å²) in [5.74, 6) is 0.469. The van der Waals surface area contributed by atoms with Crippen molar-refractivity contribution in [2.75, 3.05) is 13.1 Å². The first-order valence-corrected chi connectivity index (χ1v) is 5.59. The van der Waals surface area contributed by atoms with Crippen molar-refractivity contribution < 1.29 is 4.79 Å². The predicted octanol–water partition coefficient (Wildman–Crippen LogP) is 1.81. The molecular weight excluding hydrogens is 188 g/mol. The Kier molecular flexibility index (Phi) is 2.91. The number of nitrogens with one attached hydrogen (secondary N) is 2. The first-order valence-electron chi connectivity index (χ1n) is 5.59. The minimum atomic E-state index is 0.174. The summed E-state index contributed by atoms with van der Waals surface area (Å²) >= 11 is 0. The zero-order valence-electron chi connectivity index (χ0n) is 9.39. The first kappa shape index (κ1) is 10.4. The predicted molar refractivity (Wildman–Crippen MR) is 60.2 cm³/mol. The van der Waals surface area contributed by atoms with Crippen LogP contribution >= 0.6 is 0 Å². The lowest BCUT2D eigenvalue weighted by Crippen LogP contribution is -2.34. The van der Waals surface area contributed by atoms with E-state index in [1.54, 1.807) is 0 Å². The fourth-order valence-electron chi connectivity index (χ4n) is 2.28. The second-order valence-corrected chi connectivity index (χ2v) is 4.40. The summed E-state index contributed by atoms with van der Waals surface area (Å²) < 4.78 is 0. The standard InChI is InChI=1S/C12H18N2O/c1-8-6-11(9(2)14-8)12(15)10-4-3-5-13-7-10/h6,10,13-14H,3-5,7H2,1-2H3. The molecule has 3 heteroatoms. The van der Waals surface area contributed by atoms with Crippen molar-refractivity contribution >= 4 is 5.78 Å². The summed E-state index contributed by atoms with van der Waals surface area (Å²) in [5.41, 5.74) is 2.95. The highest BCUT2D eigenvalue weighted by molar-refractivity contribution is 5.99. The molecule has 0 spiro atoms. The van der Waals surface area contributed by atoms with Crippen molar-refractivity contribution in [2.24, 2.45) is 5.92 Å². The SMILES string of the molecule is Cc1cc(C(=O)C2CCCNC2)c(C)[nH]1. The highest BCUT2D eigenvalue weighted by Gasteiger charge is 2.23. The summed E-state index contributed by atoms with van der Waals surface area (Å²) in [6.07, 6.45) is 2.13. The van der Waals surface area contributed by atoms with Crippen LogP contribution in [-0.4, -0.2) is 23.9 Å². The number of piperidine rings is 1. The van der Waals surface area contributed by atoms with E-state index < -0.39 is 0 Å². The van der Waals surface area contributed by atoms with Crippen LogP contribution in [0.3, 0.4) is 0 Å². The smallest absolute Gasteiger partial charge is 0.169 e. The summed E-state index contributed by atoms with van der Waals surface area (Å²) in [5, 5.41) is 3.28. The van der Waals surface area contributed by atoms with E-state index in [9.17, 15) is 4.79 Å². The number of Topliss-reactive ketones (excluding diaryl/α,β-unsaturated/α-hetero) is 1. The second kappa shape index (κ2) is 4.19. The quantitative estimate of drug-likeness (QED) is 0.725. The molecule has 0 bridgehead atoms. The van der Waals surface area contributed by atoms with Gasteiger partial charge in [-0.1, -0.05) is 0 Å². The van der Waals surface area contributed by atoms with Crippen molar-refractivity contribution in [3.05, 3.63) is 23.0 Å². The molecule has 1 aromatic heterocycles. The van der Waals surface area contributed by atoms with E-state index in [0.29, 0.717) is 5.78 Å². The molecule has 2 rings (SSSR count). The molecule has 0 aromatic carbocycles. The van der Waals surface area contributed by atoms with Gasteiger partial charge in [0.2, 0.25) is 0 Å². The lowest BCUT2D eigenvalue weighted by molar-refractivity contribution is 0.0899. The van der Waals surface area contributed by atoms with Gasteiger partial charge in [0.1, 0.15) is 0 Å². The van der Waals surface area contributed by atoms with Gasteiger partial charge in [-0.3, -0.25) is 4.79 Å². The lowest BCUT2D eigenvalue weighted by Gasteiger charge is -2.21. The van der Waals surface area contributed by atoms with Crippen LogP contribution in [0, 0.1) is 19.8 Å². The second-order valence-electron chi connectivity index (χ2n) is 4.40. The highest BCUT2D eigenvalue weighted by atomic mass is 16.1. The molecule has 1 aliphatic rings. The molecule has 1 atom stereocenters. The molecule has 0 aliphatic carbocycles. The maximum Gasteiger partial charge on any atom is 0.169 e. The summed E-state index contributed by atoms with van der Waals surface area (Å²) in [6, 6.07) is 1.96. The zero-order valence-corrected chi connectivity index (χ0v) is 9.39. The topological polar surface area (TPSA) is 44.9 Å². The fourth-order valence-corrected chi connectivity index (χ4v) is 2.28. The van der Waals surface area contributed by atoms with Crippen molar-refractivity contribution in [2.45, 2.75) is 26.7 Å². The Hall–Kier alpha value is -1.09. The van der Waals surface area contributed by atoms with Crippen LogP contribution in [0.25, 0.3) is 0 Å². The molecule has 2 heterocycles. The van der Waals surface area contributed by atoms with Gasteiger partial charge in [0.25, 0.3) is 0 Å². The highest BCUT2D eigenvalue weighted by Crippen LogP contribution is 2.19. The summed E-state index contributed by atoms with van der Waals surface area (Å²) in [6.45, 7) is 5.84. The lowest BCUT2D eigenvalue weighted by atomic mass is 9.91. The number of hydrogen-bond acceptors (Lipinski definition) is 2. The van der Waals surface area contributed by atoms with E-state index in [4.69, 9.17) is 0 Å². The van der Waals surface area contributed by atoms with Crippen molar-refractivity contribution in [1.29, 1.82) is 0 Å². The third-order valence-electron chi connectivity index (χ3n) is 3.08. The number of carbonyl (C=O) groups excluding carboxylic acids is 1. The molecule has 15 heavy (non-hydrogen) atoms. The number of ketones is 1. The van der Waals surface area contributed by atoms with Crippen LogP contribution in [0.2, 0.25) is 0 Å². The molecule has 1 unspecified atom stereocenters. The molecule has 2 N–H and O–H groups in total. The average Bonchev–Trinajstić information content (AvgIpc) is 2.58. The zero-order chi connectivity index (χ0) is 10.8. The number of aromatic nitrogens is 1. The first-order chi connectivity index (χ1) is 7.18.